The molecule has 2 N–H and O–H groups in total. The third-order valence-corrected chi connectivity index (χ3v) is 5.33. The number of likely N-dealkylation sites (tertiary alicyclic amines) is 1. The van der Waals surface area contributed by atoms with Crippen molar-refractivity contribution in [2.24, 2.45) is 10.4 Å². The Bertz CT molecular complexity index is 640. The van der Waals surface area contributed by atoms with E-state index in [9.17, 15) is 4.79 Å². The molecule has 0 bridgehead atoms. The quantitative estimate of drug-likeness (QED) is 0.316. The molecule has 1 amide bonds. The van der Waals surface area contributed by atoms with Crippen molar-refractivity contribution in [3.63, 3.8) is 0 Å². The summed E-state index contributed by atoms with van der Waals surface area (Å²) in [6.45, 7) is 13.2. The third-order valence-electron chi connectivity index (χ3n) is 5.33. The van der Waals surface area contributed by atoms with Crippen molar-refractivity contribution in [1.29, 1.82) is 0 Å². The van der Waals surface area contributed by atoms with Crippen LogP contribution in [-0.4, -0.2) is 49.0 Å². The maximum atomic E-state index is 12.1. The predicted molar refractivity (Wildman–Crippen MR) is 115 cm³/mol. The summed E-state index contributed by atoms with van der Waals surface area (Å²) in [5.41, 5.74) is 2.12. The van der Waals surface area contributed by atoms with Gasteiger partial charge in [0.05, 0.1) is 0 Å². The van der Waals surface area contributed by atoms with Gasteiger partial charge in [0.2, 0.25) is 0 Å². The van der Waals surface area contributed by atoms with Gasteiger partial charge in [-0.05, 0) is 32.9 Å². The molecule has 1 aliphatic rings. The van der Waals surface area contributed by atoms with E-state index in [4.69, 9.17) is 0 Å². The first-order chi connectivity index (χ1) is 11.2. The predicted octanol–water partition coefficient (Wildman–Crippen LogP) is 3.04. The number of aliphatic imine (C=N–C) groups is 1. The van der Waals surface area contributed by atoms with Crippen LogP contribution in [-0.2, 0) is 0 Å². The molecule has 1 aromatic carbocycles. The number of amides is 1. The summed E-state index contributed by atoms with van der Waals surface area (Å²) in [5, 5.41) is 6.29. The molecule has 0 unspecified atom stereocenters. The van der Waals surface area contributed by atoms with E-state index in [0.29, 0.717) is 18.7 Å². The molecule has 1 aromatic rings. The van der Waals surface area contributed by atoms with E-state index < -0.39 is 0 Å². The second kappa shape index (κ2) is 8.38. The minimum Gasteiger partial charge on any atom is -0.354 e. The second-order valence-corrected chi connectivity index (χ2v) is 7.63. The summed E-state index contributed by atoms with van der Waals surface area (Å²) in [6.07, 6.45) is 0. The van der Waals surface area contributed by atoms with E-state index in [1.165, 1.54) is 0 Å². The van der Waals surface area contributed by atoms with Gasteiger partial charge in [-0.25, -0.2) is 0 Å². The van der Waals surface area contributed by atoms with Crippen LogP contribution >= 0.6 is 24.0 Å². The molecule has 6 heteroatoms. The Labute approximate surface area is 168 Å². The summed E-state index contributed by atoms with van der Waals surface area (Å²) in [7, 11) is 1.80. The highest BCUT2D eigenvalue weighted by Gasteiger charge is 2.53. The monoisotopic (exact) mass is 458 g/mol. The molecule has 0 radical (unpaired) electrons. The van der Waals surface area contributed by atoms with Crippen molar-refractivity contribution in [1.82, 2.24) is 15.5 Å². The lowest BCUT2D eigenvalue weighted by Gasteiger charge is -2.62. The van der Waals surface area contributed by atoms with Crippen LogP contribution in [0.15, 0.2) is 29.3 Å². The fraction of sp³-hybridized carbons (Fsp3) is 0.579. The molecule has 0 spiro atoms. The zero-order valence-electron chi connectivity index (χ0n) is 16.1. The van der Waals surface area contributed by atoms with Crippen LogP contribution in [0.4, 0.5) is 0 Å². The van der Waals surface area contributed by atoms with Crippen LogP contribution < -0.4 is 10.6 Å². The van der Waals surface area contributed by atoms with Gasteiger partial charge in [-0.3, -0.25) is 9.79 Å². The number of aryl methyl sites for hydroxylation is 1. The molecule has 0 aliphatic carbocycles. The van der Waals surface area contributed by atoms with E-state index in [0.717, 1.165) is 18.1 Å². The van der Waals surface area contributed by atoms with Crippen LogP contribution in [0.2, 0.25) is 0 Å². The number of benzene rings is 1. The molecule has 25 heavy (non-hydrogen) atoms. The molecule has 5 nitrogen and oxygen atoms in total. The zero-order valence-corrected chi connectivity index (χ0v) is 18.5. The first-order valence-electron chi connectivity index (χ1n) is 8.52. The number of hydrogen-bond acceptors (Lipinski definition) is 2. The Hall–Kier alpha value is -1.31. The molecular weight excluding hydrogens is 427 g/mol. The van der Waals surface area contributed by atoms with Crippen LogP contribution in [0.1, 0.15) is 43.6 Å². The highest BCUT2D eigenvalue weighted by molar-refractivity contribution is 14.0. The van der Waals surface area contributed by atoms with Crippen LogP contribution in [0.3, 0.4) is 0 Å². The Balaban J connectivity index is 0.00000312. The highest BCUT2D eigenvalue weighted by Crippen LogP contribution is 2.46. The summed E-state index contributed by atoms with van der Waals surface area (Å²) < 4.78 is 0. The van der Waals surface area contributed by atoms with Gasteiger partial charge in [0.15, 0.2) is 5.96 Å². The Morgan fingerprint density at radius 3 is 2.36 bits per heavy atom. The molecule has 1 aliphatic heterocycles. The van der Waals surface area contributed by atoms with Crippen molar-refractivity contribution in [3.8, 4) is 0 Å². The van der Waals surface area contributed by atoms with Crippen LogP contribution in [0, 0.1) is 12.3 Å². The van der Waals surface area contributed by atoms with Gasteiger partial charge in [0.1, 0.15) is 0 Å². The smallest absolute Gasteiger partial charge is 0.251 e. The Morgan fingerprint density at radius 1 is 1.20 bits per heavy atom. The topological polar surface area (TPSA) is 56.7 Å². The van der Waals surface area contributed by atoms with E-state index in [1.807, 2.05) is 31.2 Å². The molecule has 140 valence electrons. The molecule has 0 aromatic heterocycles. The second-order valence-electron chi connectivity index (χ2n) is 7.63. The number of rotatable bonds is 4. The number of nitrogens with zero attached hydrogens (tertiary/aromatic N) is 2. The average molecular weight is 458 g/mol. The zero-order chi connectivity index (χ0) is 18.0. The lowest BCUT2D eigenvalue weighted by Crippen LogP contribution is -2.72. The SMILES string of the molecule is CN=C(NCCNC(=O)c1cccc(C)c1)N1CC(C)(C)C1(C)C.I. The Kier molecular flexibility index (Phi) is 7.28. The molecule has 0 atom stereocenters. The van der Waals surface area contributed by atoms with Gasteiger partial charge in [-0.2, -0.15) is 0 Å². The fourth-order valence-corrected chi connectivity index (χ4v) is 2.93. The van der Waals surface area contributed by atoms with E-state index in [1.54, 1.807) is 7.05 Å². The molecule has 1 saturated heterocycles. The van der Waals surface area contributed by atoms with Crippen LogP contribution in [0.25, 0.3) is 0 Å². The number of hydrogen-bond donors (Lipinski definition) is 2. The van der Waals surface area contributed by atoms with Crippen LogP contribution in [0.5, 0.6) is 0 Å². The number of guanidine groups is 1. The largest absolute Gasteiger partial charge is 0.354 e. The molecular formula is C19H31IN4O. The maximum Gasteiger partial charge on any atom is 0.251 e. The van der Waals surface area contributed by atoms with Gasteiger partial charge in [0.25, 0.3) is 5.91 Å². The van der Waals surface area contributed by atoms with Crippen molar-refractivity contribution in [2.75, 3.05) is 26.7 Å². The number of carbonyl (C=O) groups excluding carboxylic acids is 1. The molecule has 1 heterocycles. The summed E-state index contributed by atoms with van der Waals surface area (Å²) in [4.78, 5) is 18.8. The van der Waals surface area contributed by atoms with Gasteiger partial charge in [-0.15, -0.1) is 24.0 Å². The van der Waals surface area contributed by atoms with Gasteiger partial charge in [-0.1, -0.05) is 31.5 Å². The van der Waals surface area contributed by atoms with E-state index in [2.05, 4.69) is 48.2 Å². The summed E-state index contributed by atoms with van der Waals surface area (Å²) in [6, 6.07) is 7.61. The summed E-state index contributed by atoms with van der Waals surface area (Å²) >= 11 is 0. The highest BCUT2D eigenvalue weighted by atomic mass is 127. The van der Waals surface area contributed by atoms with Crippen molar-refractivity contribution in [3.05, 3.63) is 35.4 Å². The number of halogens is 1. The Morgan fingerprint density at radius 2 is 1.84 bits per heavy atom. The van der Waals surface area contributed by atoms with Gasteiger partial charge >= 0.3 is 0 Å². The van der Waals surface area contributed by atoms with Crippen molar-refractivity contribution in [2.45, 2.75) is 40.2 Å². The normalized spacial score (nSPS) is 18.0. The van der Waals surface area contributed by atoms with Crippen molar-refractivity contribution >= 4 is 35.8 Å². The minimum atomic E-state index is -0.0408. The van der Waals surface area contributed by atoms with E-state index in [-0.39, 0.29) is 40.8 Å². The fourth-order valence-electron chi connectivity index (χ4n) is 2.93. The lowest BCUT2D eigenvalue weighted by molar-refractivity contribution is -0.0666. The van der Waals surface area contributed by atoms with E-state index >= 15 is 0 Å². The average Bonchev–Trinajstić information content (AvgIpc) is 2.53. The third kappa shape index (κ3) is 4.65. The summed E-state index contributed by atoms with van der Waals surface area (Å²) in [5.74, 6) is 0.852. The minimum absolute atomic E-state index is 0. The van der Waals surface area contributed by atoms with Gasteiger partial charge in [0, 0.05) is 43.2 Å². The lowest BCUT2D eigenvalue weighted by atomic mass is 9.65. The van der Waals surface area contributed by atoms with Gasteiger partial charge < -0.3 is 15.5 Å². The molecule has 0 saturated carbocycles. The standard InChI is InChI=1S/C19H30N4O.HI/c1-14-8-7-9-15(12-14)16(24)21-10-11-22-17(20-6)23-13-18(2,3)19(23,4)5;/h7-9,12H,10-11,13H2,1-6H3,(H,20,22)(H,21,24);1H. The molecule has 1 fully saturated rings. The van der Waals surface area contributed by atoms with Crippen molar-refractivity contribution < 1.29 is 4.79 Å². The number of nitrogens with one attached hydrogen (secondary N) is 2. The first kappa shape index (κ1) is 21.7. The maximum absolute atomic E-state index is 12.1. The first-order valence-corrected chi connectivity index (χ1v) is 8.52. The molecule has 2 rings (SSSR count). The number of carbonyl (C=O) groups is 1.